The van der Waals surface area contributed by atoms with E-state index in [1.807, 2.05) is 30.6 Å². The molecule has 2 aliphatic rings. The van der Waals surface area contributed by atoms with Crippen LogP contribution < -0.4 is 10.2 Å². The zero-order valence-corrected chi connectivity index (χ0v) is 20.0. The van der Waals surface area contributed by atoms with Gasteiger partial charge in [-0.2, -0.15) is 0 Å². The van der Waals surface area contributed by atoms with Crippen LogP contribution in [0.15, 0.2) is 42.7 Å². The molecule has 1 saturated heterocycles. The number of hydrogen-bond acceptors (Lipinski definition) is 8. The van der Waals surface area contributed by atoms with Gasteiger partial charge in [-0.25, -0.2) is 9.97 Å². The molecule has 0 radical (unpaired) electrons. The summed E-state index contributed by atoms with van der Waals surface area (Å²) in [5, 5.41) is 23.5. The molecule has 6 rings (SSSR count). The van der Waals surface area contributed by atoms with Gasteiger partial charge in [0.1, 0.15) is 5.75 Å². The topological polar surface area (TPSA) is 112 Å². The van der Waals surface area contributed by atoms with E-state index in [1.165, 1.54) is 5.56 Å². The third kappa shape index (κ3) is 3.62. The van der Waals surface area contributed by atoms with Gasteiger partial charge in [0.15, 0.2) is 5.65 Å². The quantitative estimate of drug-likeness (QED) is 0.415. The highest BCUT2D eigenvalue weighted by Gasteiger charge is 2.35. The second kappa shape index (κ2) is 8.58. The van der Waals surface area contributed by atoms with E-state index in [0.717, 1.165) is 61.2 Å². The molecule has 180 valence electrons. The number of anilines is 1. The number of benzene rings is 1. The van der Waals surface area contributed by atoms with Crippen molar-refractivity contribution in [2.24, 2.45) is 0 Å². The van der Waals surface area contributed by atoms with Crippen LogP contribution in [0.25, 0.3) is 22.3 Å². The van der Waals surface area contributed by atoms with Gasteiger partial charge in [0.2, 0.25) is 5.95 Å². The van der Waals surface area contributed by atoms with Crippen molar-refractivity contribution >= 4 is 17.0 Å². The molecule has 3 aromatic heterocycles. The second-order valence-electron chi connectivity index (χ2n) is 9.37. The first kappa shape index (κ1) is 21.9. The van der Waals surface area contributed by atoms with E-state index in [2.05, 4.69) is 32.3 Å². The number of H-pyrrole nitrogens is 1. The van der Waals surface area contributed by atoms with Crippen molar-refractivity contribution in [1.82, 2.24) is 30.5 Å². The minimum absolute atomic E-state index is 0.0510. The number of piperidine rings is 1. The second-order valence-corrected chi connectivity index (χ2v) is 9.37. The maximum absolute atomic E-state index is 10.3. The van der Waals surface area contributed by atoms with Gasteiger partial charge >= 0.3 is 0 Å². The van der Waals surface area contributed by atoms with Crippen LogP contribution in [0, 0.1) is 0 Å². The van der Waals surface area contributed by atoms with Gasteiger partial charge in [-0.05, 0) is 51.1 Å². The summed E-state index contributed by atoms with van der Waals surface area (Å²) in [6.07, 6.45) is 6.50. The normalized spacial score (nSPS) is 19.6. The number of ether oxygens (including phenoxy) is 1. The Bertz CT molecular complexity index is 1360. The Morgan fingerprint density at radius 1 is 1.11 bits per heavy atom. The number of aromatic nitrogens is 5. The maximum Gasteiger partial charge on any atom is 0.225 e. The molecule has 0 aliphatic carbocycles. The molecular weight excluding hydrogens is 442 g/mol. The van der Waals surface area contributed by atoms with Gasteiger partial charge in [0, 0.05) is 60.2 Å². The fourth-order valence-electron chi connectivity index (χ4n) is 5.56. The molecule has 0 spiro atoms. The van der Waals surface area contributed by atoms with Gasteiger partial charge in [0.05, 0.1) is 17.3 Å². The molecule has 3 N–H and O–H groups in total. The fourth-order valence-corrected chi connectivity index (χ4v) is 5.56. The molecule has 0 saturated carbocycles. The molecule has 0 unspecified atom stereocenters. The van der Waals surface area contributed by atoms with Gasteiger partial charge in [-0.3, -0.25) is 0 Å². The summed E-state index contributed by atoms with van der Waals surface area (Å²) in [6.45, 7) is 4.83. The van der Waals surface area contributed by atoms with E-state index >= 15 is 0 Å². The first-order chi connectivity index (χ1) is 17.1. The molecule has 9 nitrogen and oxygen atoms in total. The lowest BCUT2D eigenvalue weighted by atomic mass is 9.86. The van der Waals surface area contributed by atoms with Crippen molar-refractivity contribution in [3.8, 4) is 17.0 Å². The Hall–Kier alpha value is -3.56. The Morgan fingerprint density at radius 2 is 1.89 bits per heavy atom. The predicted molar refractivity (Wildman–Crippen MR) is 133 cm³/mol. The number of aromatic amines is 1. The molecular formula is C26H29N7O2. The van der Waals surface area contributed by atoms with E-state index in [0.29, 0.717) is 17.2 Å². The summed E-state index contributed by atoms with van der Waals surface area (Å²) in [4.78, 5) is 15.2. The molecule has 0 bridgehead atoms. The van der Waals surface area contributed by atoms with E-state index in [4.69, 9.17) is 14.7 Å². The van der Waals surface area contributed by atoms with Crippen molar-refractivity contribution in [2.45, 2.75) is 37.8 Å². The molecule has 0 amide bonds. The smallest absolute Gasteiger partial charge is 0.225 e. The highest BCUT2D eigenvalue weighted by Crippen LogP contribution is 2.39. The summed E-state index contributed by atoms with van der Waals surface area (Å²) in [7, 11) is 1.77. The highest BCUT2D eigenvalue weighted by molar-refractivity contribution is 5.86. The zero-order chi connectivity index (χ0) is 24.0. The molecule has 35 heavy (non-hydrogen) atoms. The Kier molecular flexibility index (Phi) is 5.38. The van der Waals surface area contributed by atoms with Gasteiger partial charge in [0.25, 0.3) is 0 Å². The first-order valence-corrected chi connectivity index (χ1v) is 12.1. The molecule has 1 atom stereocenters. The largest absolute Gasteiger partial charge is 0.507 e. The first-order valence-electron chi connectivity index (χ1n) is 12.1. The highest BCUT2D eigenvalue weighted by atomic mass is 16.5. The van der Waals surface area contributed by atoms with Gasteiger partial charge in [-0.15, -0.1) is 10.2 Å². The molecule has 1 fully saturated rings. The number of nitrogens with zero attached hydrogens (tertiary/aromatic N) is 5. The summed E-state index contributed by atoms with van der Waals surface area (Å²) in [6, 6.07) is 9.26. The minimum Gasteiger partial charge on any atom is -0.507 e. The number of fused-ring (bicyclic) bond motifs is 3. The Balaban J connectivity index is 1.34. The number of methoxy groups -OCH3 is 1. The van der Waals surface area contributed by atoms with Crippen LogP contribution in [0.3, 0.4) is 0 Å². The number of phenolic OH excluding ortho intramolecular Hbond substituents is 1. The SMILES string of the molecule is COC1(c2cnc(N3CCc4[nH]c5nnc(-c6ccccc6O)cc5c4[C@H]3C)nc2)CCNCC1. The average molecular weight is 472 g/mol. The predicted octanol–water partition coefficient (Wildman–Crippen LogP) is 3.47. The summed E-state index contributed by atoms with van der Waals surface area (Å²) >= 11 is 0. The van der Waals surface area contributed by atoms with Crippen LogP contribution in [0.4, 0.5) is 5.95 Å². The number of aromatic hydroxyl groups is 1. The Morgan fingerprint density at radius 3 is 2.63 bits per heavy atom. The number of rotatable bonds is 4. The monoisotopic (exact) mass is 471 g/mol. The lowest BCUT2D eigenvalue weighted by Crippen LogP contribution is -2.41. The van der Waals surface area contributed by atoms with E-state index in [1.54, 1.807) is 19.2 Å². The third-order valence-electron chi connectivity index (χ3n) is 7.57. The van der Waals surface area contributed by atoms with Crippen molar-refractivity contribution in [3.05, 3.63) is 59.5 Å². The van der Waals surface area contributed by atoms with Crippen molar-refractivity contribution in [2.75, 3.05) is 31.6 Å². The van der Waals surface area contributed by atoms with Gasteiger partial charge in [-0.1, -0.05) is 12.1 Å². The number of para-hydroxylation sites is 1. The molecule has 1 aromatic carbocycles. The van der Waals surface area contributed by atoms with Crippen LogP contribution in [0.1, 0.15) is 42.6 Å². The van der Waals surface area contributed by atoms with Crippen molar-refractivity contribution < 1.29 is 9.84 Å². The molecule has 4 aromatic rings. The lowest BCUT2D eigenvalue weighted by Gasteiger charge is -2.37. The summed E-state index contributed by atoms with van der Waals surface area (Å²) < 4.78 is 5.94. The lowest BCUT2D eigenvalue weighted by molar-refractivity contribution is -0.0396. The average Bonchev–Trinajstić information content (AvgIpc) is 3.28. The fraction of sp³-hybridized carbons (Fsp3) is 0.385. The van der Waals surface area contributed by atoms with Crippen LogP contribution in [-0.2, 0) is 16.8 Å². The van der Waals surface area contributed by atoms with Crippen LogP contribution in [0.5, 0.6) is 5.75 Å². The van der Waals surface area contributed by atoms with E-state index < -0.39 is 0 Å². The minimum atomic E-state index is -0.320. The summed E-state index contributed by atoms with van der Waals surface area (Å²) in [5.41, 5.74) is 5.13. The third-order valence-corrected chi connectivity index (χ3v) is 7.57. The summed E-state index contributed by atoms with van der Waals surface area (Å²) in [5.74, 6) is 0.903. The Labute approximate surface area is 203 Å². The maximum atomic E-state index is 10.3. The molecule has 9 heteroatoms. The standard InChI is InChI=1S/C26H29N7O2/c1-16-23-19-13-21(18-5-3-4-6-22(18)34)31-32-24(19)30-20(23)7-12-33(16)25-28-14-17(15-29-25)26(35-2)8-10-27-11-9-26/h3-6,13-16,27,34H,7-12H2,1-2H3,(H,30,32)/t16-/m1/s1. The van der Waals surface area contributed by atoms with Crippen molar-refractivity contribution in [1.29, 1.82) is 0 Å². The van der Waals surface area contributed by atoms with Crippen LogP contribution in [0.2, 0.25) is 0 Å². The number of hydrogen-bond donors (Lipinski definition) is 3. The zero-order valence-electron chi connectivity index (χ0n) is 20.0. The van der Waals surface area contributed by atoms with E-state index in [9.17, 15) is 5.11 Å². The van der Waals surface area contributed by atoms with Crippen molar-refractivity contribution in [3.63, 3.8) is 0 Å². The molecule has 2 aliphatic heterocycles. The van der Waals surface area contributed by atoms with Crippen LogP contribution >= 0.6 is 0 Å². The van der Waals surface area contributed by atoms with Gasteiger partial charge < -0.3 is 25.0 Å². The van der Waals surface area contributed by atoms with Crippen LogP contribution in [-0.4, -0.2) is 57.0 Å². The number of phenols is 1. The number of nitrogens with one attached hydrogen (secondary N) is 2. The van der Waals surface area contributed by atoms with E-state index in [-0.39, 0.29) is 17.4 Å². The molecule has 5 heterocycles.